The van der Waals surface area contributed by atoms with E-state index in [9.17, 15) is 0 Å². The van der Waals surface area contributed by atoms with E-state index in [-0.39, 0.29) is 0 Å². The Hall–Kier alpha value is -1.63. The van der Waals surface area contributed by atoms with Crippen molar-refractivity contribution >= 4 is 0 Å². The molecule has 0 unspecified atom stereocenters. The molecule has 0 amide bonds. The van der Waals surface area contributed by atoms with Crippen molar-refractivity contribution in [3.63, 3.8) is 0 Å². The molecule has 0 N–H and O–H groups in total. The third kappa shape index (κ3) is 4.93. The summed E-state index contributed by atoms with van der Waals surface area (Å²) in [6.07, 6.45) is 2.22. The van der Waals surface area contributed by atoms with Crippen LogP contribution in [0.15, 0.2) is 36.4 Å². The van der Waals surface area contributed by atoms with E-state index < -0.39 is 21.2 Å². The Morgan fingerprint density at radius 2 is 1.46 bits per heavy atom. The van der Waals surface area contributed by atoms with Crippen LogP contribution >= 0.6 is 0 Å². The lowest BCUT2D eigenvalue weighted by molar-refractivity contribution is -0.598. The van der Waals surface area contributed by atoms with Crippen molar-refractivity contribution in [1.82, 2.24) is 0 Å². The molecule has 0 radical (unpaired) electrons. The highest BCUT2D eigenvalue weighted by atomic mass is 127. The molecule has 130 valence electrons. The van der Waals surface area contributed by atoms with E-state index >= 15 is 0 Å². The SMILES string of the molecule is CCCCOc1ccc([I+]c2c(OC)cc(OC)cc2OC)cc1. The summed E-state index contributed by atoms with van der Waals surface area (Å²) in [7, 11) is 4.98. The smallest absolute Gasteiger partial charge is 0.366 e. The summed E-state index contributed by atoms with van der Waals surface area (Å²) in [6.45, 7) is 2.93. The summed E-state index contributed by atoms with van der Waals surface area (Å²) < 4.78 is 24.5. The van der Waals surface area contributed by atoms with E-state index in [1.165, 1.54) is 3.57 Å². The van der Waals surface area contributed by atoms with Crippen molar-refractivity contribution < 1.29 is 40.2 Å². The first-order valence-corrected chi connectivity index (χ1v) is 10.0. The molecular weight excluding hydrogens is 419 g/mol. The number of unbranched alkanes of at least 4 members (excludes halogenated alkanes) is 1. The average molecular weight is 443 g/mol. The number of methoxy groups -OCH3 is 3. The van der Waals surface area contributed by atoms with E-state index in [1.807, 2.05) is 24.3 Å². The molecule has 0 aliphatic carbocycles. The fourth-order valence-electron chi connectivity index (χ4n) is 2.09. The molecule has 0 bridgehead atoms. The molecule has 0 saturated heterocycles. The highest BCUT2D eigenvalue weighted by Crippen LogP contribution is 2.27. The van der Waals surface area contributed by atoms with Crippen molar-refractivity contribution in [2.75, 3.05) is 27.9 Å². The summed E-state index contributed by atoms with van der Waals surface area (Å²) >= 11 is -0.436. The lowest BCUT2D eigenvalue weighted by Gasteiger charge is -2.08. The zero-order valence-electron chi connectivity index (χ0n) is 14.6. The van der Waals surface area contributed by atoms with Crippen LogP contribution in [0.2, 0.25) is 0 Å². The molecule has 2 aromatic carbocycles. The van der Waals surface area contributed by atoms with Gasteiger partial charge in [-0.1, -0.05) is 13.3 Å². The fraction of sp³-hybridized carbons (Fsp3) is 0.368. The molecular formula is C19H24IO4+. The zero-order valence-corrected chi connectivity index (χ0v) is 16.8. The number of benzene rings is 2. The Morgan fingerprint density at radius 1 is 0.833 bits per heavy atom. The number of rotatable bonds is 9. The topological polar surface area (TPSA) is 36.9 Å². The molecule has 5 heteroatoms. The highest BCUT2D eigenvalue weighted by Gasteiger charge is 2.27. The molecule has 0 aliphatic rings. The lowest BCUT2D eigenvalue weighted by atomic mass is 10.3. The first kappa shape index (κ1) is 18.7. The van der Waals surface area contributed by atoms with Gasteiger partial charge in [0.1, 0.15) is 11.5 Å². The van der Waals surface area contributed by atoms with Crippen LogP contribution in [-0.2, 0) is 0 Å². The van der Waals surface area contributed by atoms with Crippen LogP contribution in [0.3, 0.4) is 0 Å². The quantitative estimate of drug-likeness (QED) is 0.429. The molecule has 0 aromatic heterocycles. The van der Waals surface area contributed by atoms with Crippen LogP contribution in [0.4, 0.5) is 0 Å². The van der Waals surface area contributed by atoms with Crippen LogP contribution in [-0.4, -0.2) is 27.9 Å². The Kier molecular flexibility index (Phi) is 7.49. The predicted molar refractivity (Wildman–Crippen MR) is 90.3 cm³/mol. The maximum absolute atomic E-state index is 5.72. The number of halogens is 1. The van der Waals surface area contributed by atoms with E-state index in [0.717, 1.165) is 46.0 Å². The van der Waals surface area contributed by atoms with Gasteiger partial charge in [0.25, 0.3) is 3.57 Å². The molecule has 0 atom stereocenters. The maximum atomic E-state index is 5.72. The van der Waals surface area contributed by atoms with E-state index in [1.54, 1.807) is 21.3 Å². The van der Waals surface area contributed by atoms with Gasteiger partial charge in [0, 0.05) is 12.1 Å². The monoisotopic (exact) mass is 443 g/mol. The summed E-state index contributed by atoms with van der Waals surface area (Å²) in [6, 6.07) is 12.1. The number of hydrogen-bond donors (Lipinski definition) is 0. The standard InChI is InChI=1S/C19H24IO4/c1-5-6-11-24-15-9-7-14(8-10-15)20-19-17(22-3)12-16(21-2)13-18(19)23-4/h7-10,12-13H,5-6,11H2,1-4H3/q+1. The van der Waals surface area contributed by atoms with Gasteiger partial charge in [0.2, 0.25) is 0 Å². The van der Waals surface area contributed by atoms with Crippen LogP contribution in [0.5, 0.6) is 23.0 Å². The summed E-state index contributed by atoms with van der Waals surface area (Å²) in [5.41, 5.74) is 0. The Bertz CT molecular complexity index is 615. The molecule has 0 spiro atoms. The van der Waals surface area contributed by atoms with Crippen LogP contribution in [0.1, 0.15) is 19.8 Å². The Balaban J connectivity index is 2.18. The predicted octanol–water partition coefficient (Wildman–Crippen LogP) is 1.02. The van der Waals surface area contributed by atoms with Crippen molar-refractivity contribution in [2.45, 2.75) is 19.8 Å². The Labute approximate surface area is 154 Å². The van der Waals surface area contributed by atoms with E-state index in [4.69, 9.17) is 18.9 Å². The van der Waals surface area contributed by atoms with Gasteiger partial charge in [-0.15, -0.1) is 0 Å². The second-order valence-corrected chi connectivity index (χ2v) is 7.96. The molecule has 2 aromatic rings. The molecule has 0 fully saturated rings. The van der Waals surface area contributed by atoms with Crippen LogP contribution < -0.4 is 40.2 Å². The summed E-state index contributed by atoms with van der Waals surface area (Å²) in [5.74, 6) is 3.27. The molecule has 0 saturated carbocycles. The van der Waals surface area contributed by atoms with Crippen molar-refractivity contribution in [3.05, 3.63) is 43.5 Å². The van der Waals surface area contributed by atoms with Gasteiger partial charge in [-0.2, -0.15) is 0 Å². The van der Waals surface area contributed by atoms with Crippen LogP contribution in [0, 0.1) is 7.14 Å². The molecule has 24 heavy (non-hydrogen) atoms. The molecule has 2 rings (SSSR count). The van der Waals surface area contributed by atoms with Gasteiger partial charge in [0.15, 0.2) is 15.1 Å². The second-order valence-electron chi connectivity index (χ2n) is 5.10. The third-order valence-electron chi connectivity index (χ3n) is 3.44. The van der Waals surface area contributed by atoms with Crippen LogP contribution in [0.25, 0.3) is 0 Å². The normalized spacial score (nSPS) is 10.3. The summed E-state index contributed by atoms with van der Waals surface area (Å²) in [4.78, 5) is 0. The molecule has 0 aliphatic heterocycles. The van der Waals surface area contributed by atoms with Crippen molar-refractivity contribution in [3.8, 4) is 23.0 Å². The van der Waals surface area contributed by atoms with Crippen molar-refractivity contribution in [1.29, 1.82) is 0 Å². The second kappa shape index (κ2) is 9.61. The fourth-order valence-corrected chi connectivity index (χ4v) is 4.72. The molecule has 0 heterocycles. The van der Waals surface area contributed by atoms with Gasteiger partial charge >= 0.3 is 21.2 Å². The zero-order chi connectivity index (χ0) is 17.4. The van der Waals surface area contributed by atoms with Gasteiger partial charge < -0.3 is 18.9 Å². The number of ether oxygens (including phenoxy) is 4. The minimum atomic E-state index is -0.436. The van der Waals surface area contributed by atoms with Gasteiger partial charge in [-0.25, -0.2) is 0 Å². The van der Waals surface area contributed by atoms with E-state index in [2.05, 4.69) is 19.1 Å². The maximum Gasteiger partial charge on any atom is 0.366 e. The lowest BCUT2D eigenvalue weighted by Crippen LogP contribution is -3.61. The first-order valence-electron chi connectivity index (χ1n) is 7.89. The minimum Gasteiger partial charge on any atom is -0.496 e. The minimum absolute atomic E-state index is 0.436. The van der Waals surface area contributed by atoms with Gasteiger partial charge in [-0.3, -0.25) is 0 Å². The first-order chi connectivity index (χ1) is 11.7. The largest absolute Gasteiger partial charge is 0.496 e. The van der Waals surface area contributed by atoms with Gasteiger partial charge in [0.05, 0.1) is 27.9 Å². The van der Waals surface area contributed by atoms with Crippen molar-refractivity contribution in [2.24, 2.45) is 0 Å². The number of hydrogen-bond acceptors (Lipinski definition) is 4. The Morgan fingerprint density at radius 3 is 1.96 bits per heavy atom. The summed E-state index contributed by atoms with van der Waals surface area (Å²) in [5, 5.41) is 0. The molecule has 4 nitrogen and oxygen atoms in total. The third-order valence-corrected chi connectivity index (χ3v) is 6.38. The van der Waals surface area contributed by atoms with Gasteiger partial charge in [-0.05, 0) is 30.7 Å². The van der Waals surface area contributed by atoms with E-state index in [0.29, 0.717) is 0 Å². The average Bonchev–Trinajstić information content (AvgIpc) is 2.63. The highest BCUT2D eigenvalue weighted by molar-refractivity contribution is 5.41.